The number of benzene rings is 1. The molecule has 1 unspecified atom stereocenters. The highest BCUT2D eigenvalue weighted by molar-refractivity contribution is 5.85. The third-order valence-corrected chi connectivity index (χ3v) is 3.74. The molecule has 1 fully saturated rings. The van der Waals surface area contributed by atoms with Crippen molar-refractivity contribution in [2.75, 3.05) is 40.9 Å². The Balaban J connectivity index is 0.00000200. The molecule has 0 spiro atoms. The van der Waals surface area contributed by atoms with Crippen LogP contribution >= 0.6 is 12.4 Å². The maximum absolute atomic E-state index is 5.49. The van der Waals surface area contributed by atoms with E-state index in [0.717, 1.165) is 43.6 Å². The lowest BCUT2D eigenvalue weighted by atomic mass is 10.1. The van der Waals surface area contributed by atoms with E-state index in [0.29, 0.717) is 0 Å². The van der Waals surface area contributed by atoms with Crippen LogP contribution in [0.3, 0.4) is 0 Å². The van der Waals surface area contributed by atoms with Crippen molar-refractivity contribution in [1.29, 1.82) is 0 Å². The van der Waals surface area contributed by atoms with Crippen molar-refractivity contribution in [3.8, 4) is 11.5 Å². The van der Waals surface area contributed by atoms with Gasteiger partial charge in [0, 0.05) is 18.7 Å². The van der Waals surface area contributed by atoms with Crippen molar-refractivity contribution in [3.05, 3.63) is 23.8 Å². The summed E-state index contributed by atoms with van der Waals surface area (Å²) in [5.41, 5.74) is 1.20. The van der Waals surface area contributed by atoms with Crippen molar-refractivity contribution in [1.82, 2.24) is 10.2 Å². The monoisotopic (exact) mass is 300 g/mol. The van der Waals surface area contributed by atoms with Crippen LogP contribution in [0.5, 0.6) is 11.5 Å². The highest BCUT2D eigenvalue weighted by Gasteiger charge is 2.23. The number of nitrogens with zero attached hydrogens (tertiary/aromatic N) is 1. The number of hydrogen-bond acceptors (Lipinski definition) is 4. The summed E-state index contributed by atoms with van der Waals surface area (Å²) in [5.74, 6) is 2.44. The Kier molecular flexibility index (Phi) is 7.13. The van der Waals surface area contributed by atoms with Crippen LogP contribution in [0.15, 0.2) is 18.2 Å². The van der Waals surface area contributed by atoms with Gasteiger partial charge in [0.15, 0.2) is 11.5 Å². The molecule has 1 aliphatic heterocycles. The van der Waals surface area contributed by atoms with E-state index < -0.39 is 0 Å². The molecule has 1 aliphatic rings. The van der Waals surface area contributed by atoms with Gasteiger partial charge in [-0.2, -0.15) is 0 Å². The summed E-state index contributed by atoms with van der Waals surface area (Å²) in [6.07, 6.45) is 1.27. The second-order valence-corrected chi connectivity index (χ2v) is 5.10. The topological polar surface area (TPSA) is 33.7 Å². The standard InChI is InChI=1S/C15H24N2O2.ClH/c1-16-9-12-7-8-17(10-12)11-13-5-4-6-14(18-2)15(13)19-3;/h4-6,12,16H,7-11H2,1-3H3;1H. The number of nitrogens with one attached hydrogen (secondary N) is 1. The van der Waals surface area contributed by atoms with Crippen LogP contribution in [-0.2, 0) is 6.54 Å². The number of hydrogen-bond donors (Lipinski definition) is 1. The van der Waals surface area contributed by atoms with E-state index in [4.69, 9.17) is 9.47 Å². The van der Waals surface area contributed by atoms with Crippen LogP contribution in [0.4, 0.5) is 0 Å². The fourth-order valence-electron chi connectivity index (χ4n) is 2.83. The highest BCUT2D eigenvalue weighted by atomic mass is 35.5. The van der Waals surface area contributed by atoms with Gasteiger partial charge in [0.1, 0.15) is 0 Å². The molecular weight excluding hydrogens is 276 g/mol. The first-order chi connectivity index (χ1) is 9.28. The third kappa shape index (κ3) is 4.01. The van der Waals surface area contributed by atoms with Crippen LogP contribution in [0.2, 0.25) is 0 Å². The van der Waals surface area contributed by atoms with Crippen molar-refractivity contribution in [2.45, 2.75) is 13.0 Å². The van der Waals surface area contributed by atoms with Crippen LogP contribution in [-0.4, -0.2) is 45.8 Å². The summed E-state index contributed by atoms with van der Waals surface area (Å²) in [5, 5.41) is 3.26. The first-order valence-corrected chi connectivity index (χ1v) is 6.85. The minimum absolute atomic E-state index is 0. The molecule has 1 saturated heterocycles. The maximum atomic E-state index is 5.49. The Morgan fingerprint density at radius 2 is 2.10 bits per heavy atom. The number of methoxy groups -OCH3 is 2. The molecule has 1 atom stereocenters. The summed E-state index contributed by atoms with van der Waals surface area (Å²) in [6.45, 7) is 4.35. The number of para-hydroxylation sites is 1. The van der Waals surface area contributed by atoms with Gasteiger partial charge in [0.05, 0.1) is 14.2 Å². The summed E-state index contributed by atoms with van der Waals surface area (Å²) in [7, 11) is 5.41. The van der Waals surface area contributed by atoms with Gasteiger partial charge in [-0.3, -0.25) is 4.90 Å². The Labute approximate surface area is 127 Å². The molecule has 4 nitrogen and oxygen atoms in total. The molecule has 1 aromatic carbocycles. The first kappa shape index (κ1) is 17.1. The maximum Gasteiger partial charge on any atom is 0.165 e. The van der Waals surface area contributed by atoms with Gasteiger partial charge in [-0.25, -0.2) is 0 Å². The van der Waals surface area contributed by atoms with Gasteiger partial charge in [-0.05, 0) is 38.5 Å². The molecule has 1 aromatic rings. The third-order valence-electron chi connectivity index (χ3n) is 3.74. The van der Waals surface area contributed by atoms with Gasteiger partial charge in [0.2, 0.25) is 0 Å². The van der Waals surface area contributed by atoms with Gasteiger partial charge < -0.3 is 14.8 Å². The normalized spacial score (nSPS) is 18.6. The zero-order chi connectivity index (χ0) is 13.7. The smallest absolute Gasteiger partial charge is 0.165 e. The summed E-state index contributed by atoms with van der Waals surface area (Å²) >= 11 is 0. The molecule has 5 heteroatoms. The SMILES string of the molecule is CNCC1CCN(Cc2cccc(OC)c2OC)C1.Cl. The average molecular weight is 301 g/mol. The molecule has 0 aliphatic carbocycles. The van der Waals surface area contributed by atoms with Gasteiger partial charge in [0.25, 0.3) is 0 Å². The Bertz CT molecular complexity index is 415. The molecule has 0 radical (unpaired) electrons. The molecule has 0 saturated carbocycles. The van der Waals surface area contributed by atoms with Crippen LogP contribution < -0.4 is 14.8 Å². The molecule has 0 bridgehead atoms. The van der Waals surface area contributed by atoms with E-state index in [1.807, 2.05) is 19.2 Å². The summed E-state index contributed by atoms with van der Waals surface area (Å²) in [4.78, 5) is 2.49. The van der Waals surface area contributed by atoms with Crippen molar-refractivity contribution < 1.29 is 9.47 Å². The van der Waals surface area contributed by atoms with Crippen molar-refractivity contribution >= 4 is 12.4 Å². The van der Waals surface area contributed by atoms with Crippen molar-refractivity contribution in [3.63, 3.8) is 0 Å². The molecule has 2 rings (SSSR count). The molecule has 0 aromatic heterocycles. The summed E-state index contributed by atoms with van der Waals surface area (Å²) < 4.78 is 10.8. The van der Waals surface area contributed by atoms with Gasteiger partial charge in [-0.1, -0.05) is 12.1 Å². The zero-order valence-electron chi connectivity index (χ0n) is 12.5. The van der Waals surface area contributed by atoms with Crippen LogP contribution in [0.1, 0.15) is 12.0 Å². The number of ether oxygens (including phenoxy) is 2. The molecule has 1 heterocycles. The van der Waals surface area contributed by atoms with Crippen molar-refractivity contribution in [2.24, 2.45) is 5.92 Å². The lowest BCUT2D eigenvalue weighted by molar-refractivity contribution is 0.301. The first-order valence-electron chi connectivity index (χ1n) is 6.85. The van der Waals surface area contributed by atoms with E-state index in [-0.39, 0.29) is 12.4 Å². The Hall–Kier alpha value is -0.970. The average Bonchev–Trinajstić information content (AvgIpc) is 2.86. The minimum atomic E-state index is 0. The predicted octanol–water partition coefficient (Wildman–Crippen LogP) is 2.17. The fourth-order valence-corrected chi connectivity index (χ4v) is 2.83. The molecule has 114 valence electrons. The second kappa shape index (κ2) is 8.35. The lowest BCUT2D eigenvalue weighted by Gasteiger charge is -2.19. The van der Waals surface area contributed by atoms with E-state index in [1.165, 1.54) is 12.0 Å². The lowest BCUT2D eigenvalue weighted by Crippen LogP contribution is -2.24. The minimum Gasteiger partial charge on any atom is -0.493 e. The Morgan fingerprint density at radius 1 is 1.30 bits per heavy atom. The van der Waals surface area contributed by atoms with Crippen LogP contribution in [0, 0.1) is 5.92 Å². The van der Waals surface area contributed by atoms with Gasteiger partial charge >= 0.3 is 0 Å². The molecular formula is C15H25ClN2O2. The number of halogens is 1. The number of likely N-dealkylation sites (tertiary alicyclic amines) is 1. The second-order valence-electron chi connectivity index (χ2n) is 5.10. The quantitative estimate of drug-likeness (QED) is 0.873. The number of rotatable bonds is 6. The highest BCUT2D eigenvalue weighted by Crippen LogP contribution is 2.32. The van der Waals surface area contributed by atoms with Crippen LogP contribution in [0.25, 0.3) is 0 Å². The van der Waals surface area contributed by atoms with Gasteiger partial charge in [-0.15, -0.1) is 12.4 Å². The zero-order valence-corrected chi connectivity index (χ0v) is 13.3. The fraction of sp³-hybridized carbons (Fsp3) is 0.600. The molecule has 20 heavy (non-hydrogen) atoms. The predicted molar refractivity (Wildman–Crippen MR) is 84.1 cm³/mol. The van der Waals surface area contributed by atoms with E-state index in [9.17, 15) is 0 Å². The molecule has 0 amide bonds. The molecule has 1 N–H and O–H groups in total. The van der Waals surface area contributed by atoms with E-state index >= 15 is 0 Å². The summed E-state index contributed by atoms with van der Waals surface area (Å²) in [6, 6.07) is 6.08. The van der Waals surface area contributed by atoms with E-state index in [1.54, 1.807) is 14.2 Å². The van der Waals surface area contributed by atoms with E-state index in [2.05, 4.69) is 16.3 Å². The largest absolute Gasteiger partial charge is 0.493 e. The Morgan fingerprint density at radius 3 is 2.75 bits per heavy atom.